The van der Waals surface area contributed by atoms with Crippen LogP contribution in [0.5, 0.6) is 0 Å². The molecule has 0 bridgehead atoms. The smallest absolute Gasteiger partial charge is 0.247 e. The van der Waals surface area contributed by atoms with Crippen molar-refractivity contribution in [1.82, 2.24) is 14.5 Å². The summed E-state index contributed by atoms with van der Waals surface area (Å²) >= 11 is 1.40. The summed E-state index contributed by atoms with van der Waals surface area (Å²) in [5.74, 6) is -0.680. The molecule has 31 heavy (non-hydrogen) atoms. The monoisotopic (exact) mass is 438 g/mol. The summed E-state index contributed by atoms with van der Waals surface area (Å²) in [5.41, 5.74) is 2.15. The van der Waals surface area contributed by atoms with Crippen molar-refractivity contribution in [2.24, 2.45) is 0 Å². The molecule has 2 heterocycles. The van der Waals surface area contributed by atoms with Gasteiger partial charge in [0.15, 0.2) is 10.8 Å². The summed E-state index contributed by atoms with van der Waals surface area (Å²) in [6.07, 6.45) is 2.10. The molecule has 0 saturated carbocycles. The molecule has 0 radical (unpaired) electrons. The Bertz CT molecular complexity index is 1230. The van der Waals surface area contributed by atoms with E-state index in [9.17, 15) is 13.6 Å². The molecule has 0 aliphatic heterocycles. The quantitative estimate of drug-likeness (QED) is 0.382. The van der Waals surface area contributed by atoms with E-state index in [1.54, 1.807) is 35.0 Å². The SMILES string of the molecule is CCC(C(=O)Nc1ccccc1F)n1c(SCc2cccc(F)c2)nc2cccnc21. The third-order valence-electron chi connectivity index (χ3n) is 4.81. The number of hydrogen-bond donors (Lipinski definition) is 1. The van der Waals surface area contributed by atoms with Crippen molar-refractivity contribution < 1.29 is 13.6 Å². The second-order valence-corrected chi connectivity index (χ2v) is 7.86. The average molecular weight is 439 g/mol. The maximum absolute atomic E-state index is 14.1. The first-order valence-corrected chi connectivity index (χ1v) is 10.8. The van der Waals surface area contributed by atoms with Gasteiger partial charge in [0, 0.05) is 11.9 Å². The van der Waals surface area contributed by atoms with Crippen LogP contribution < -0.4 is 5.32 Å². The Hall–Kier alpha value is -3.26. The Morgan fingerprint density at radius 3 is 2.74 bits per heavy atom. The van der Waals surface area contributed by atoms with Gasteiger partial charge in [0.05, 0.1) is 5.69 Å². The Labute approximate surface area is 182 Å². The molecular weight excluding hydrogens is 418 g/mol. The average Bonchev–Trinajstić information content (AvgIpc) is 3.13. The standard InChI is InChI=1S/C23H20F2N4OS/c1-2-20(22(30)27-18-10-4-3-9-17(18)25)29-21-19(11-6-12-26-21)28-23(29)31-14-15-7-5-8-16(24)13-15/h3-13,20H,2,14H2,1H3,(H,27,30). The molecule has 4 rings (SSSR count). The molecule has 0 aliphatic rings. The zero-order valence-corrected chi connectivity index (χ0v) is 17.6. The number of rotatable bonds is 7. The predicted molar refractivity (Wildman–Crippen MR) is 118 cm³/mol. The summed E-state index contributed by atoms with van der Waals surface area (Å²) in [6.45, 7) is 1.88. The number of hydrogen-bond acceptors (Lipinski definition) is 4. The van der Waals surface area contributed by atoms with Crippen LogP contribution in [0, 0.1) is 11.6 Å². The summed E-state index contributed by atoms with van der Waals surface area (Å²) < 4.78 is 29.4. The molecule has 0 saturated heterocycles. The maximum Gasteiger partial charge on any atom is 0.247 e. The van der Waals surface area contributed by atoms with Gasteiger partial charge in [0.2, 0.25) is 5.91 Å². The van der Waals surface area contributed by atoms with E-state index in [1.165, 1.54) is 36.0 Å². The van der Waals surface area contributed by atoms with Crippen LogP contribution in [0.1, 0.15) is 24.9 Å². The van der Waals surface area contributed by atoms with Crippen molar-refractivity contribution >= 4 is 34.5 Å². The van der Waals surface area contributed by atoms with E-state index in [2.05, 4.69) is 15.3 Å². The van der Waals surface area contributed by atoms with Crippen LogP contribution in [0.15, 0.2) is 72.0 Å². The summed E-state index contributed by atoms with van der Waals surface area (Å²) in [5, 5.41) is 3.26. The number of halogens is 2. The molecule has 158 valence electrons. The Kier molecular flexibility index (Phi) is 6.27. The number of carbonyl (C=O) groups is 1. The molecular formula is C23H20F2N4OS. The molecule has 1 atom stereocenters. The van der Waals surface area contributed by atoms with Crippen molar-refractivity contribution in [2.45, 2.75) is 30.3 Å². The highest BCUT2D eigenvalue weighted by Gasteiger charge is 2.26. The van der Waals surface area contributed by atoms with E-state index in [0.717, 1.165) is 5.56 Å². The zero-order valence-electron chi connectivity index (χ0n) is 16.8. The Balaban J connectivity index is 1.67. The van der Waals surface area contributed by atoms with E-state index >= 15 is 0 Å². The first-order chi connectivity index (χ1) is 15.1. The summed E-state index contributed by atoms with van der Waals surface area (Å²) in [7, 11) is 0. The van der Waals surface area contributed by atoms with E-state index in [0.29, 0.717) is 28.5 Å². The minimum atomic E-state index is -0.644. The van der Waals surface area contributed by atoms with Gasteiger partial charge >= 0.3 is 0 Å². The van der Waals surface area contributed by atoms with E-state index in [4.69, 9.17) is 0 Å². The number of nitrogens with one attached hydrogen (secondary N) is 1. The molecule has 2 aromatic carbocycles. The Morgan fingerprint density at radius 1 is 1.13 bits per heavy atom. The Morgan fingerprint density at radius 2 is 1.97 bits per heavy atom. The number of para-hydroxylation sites is 1. The molecule has 1 N–H and O–H groups in total. The fourth-order valence-corrected chi connectivity index (χ4v) is 4.32. The number of aromatic nitrogens is 3. The van der Waals surface area contributed by atoms with Crippen molar-refractivity contribution in [3.8, 4) is 0 Å². The fourth-order valence-electron chi connectivity index (χ4n) is 3.33. The highest BCUT2D eigenvalue weighted by molar-refractivity contribution is 7.98. The zero-order chi connectivity index (χ0) is 21.8. The van der Waals surface area contributed by atoms with Gasteiger partial charge in [-0.3, -0.25) is 9.36 Å². The van der Waals surface area contributed by atoms with Gasteiger partial charge in [-0.1, -0.05) is 43.0 Å². The lowest BCUT2D eigenvalue weighted by Crippen LogP contribution is -2.26. The molecule has 0 aliphatic carbocycles. The minimum Gasteiger partial charge on any atom is -0.322 e. The van der Waals surface area contributed by atoms with Crippen LogP contribution in [-0.4, -0.2) is 20.4 Å². The summed E-state index contributed by atoms with van der Waals surface area (Å²) in [4.78, 5) is 22.2. The molecule has 1 unspecified atom stereocenters. The third-order valence-corrected chi connectivity index (χ3v) is 5.83. The minimum absolute atomic E-state index is 0.122. The summed E-state index contributed by atoms with van der Waals surface area (Å²) in [6, 6.07) is 15.4. The molecule has 0 fully saturated rings. The highest BCUT2D eigenvalue weighted by atomic mass is 32.2. The van der Waals surface area contributed by atoms with Crippen LogP contribution in [-0.2, 0) is 10.5 Å². The molecule has 0 spiro atoms. The number of amides is 1. The van der Waals surface area contributed by atoms with Crippen LogP contribution in [0.4, 0.5) is 14.5 Å². The van der Waals surface area contributed by atoms with Gasteiger partial charge in [0.25, 0.3) is 0 Å². The lowest BCUT2D eigenvalue weighted by Gasteiger charge is -2.19. The molecule has 2 aromatic heterocycles. The van der Waals surface area contributed by atoms with Gasteiger partial charge in [0.1, 0.15) is 23.2 Å². The predicted octanol–water partition coefficient (Wildman–Crippen LogP) is 5.59. The van der Waals surface area contributed by atoms with Crippen LogP contribution in [0.3, 0.4) is 0 Å². The number of carbonyl (C=O) groups excluding carboxylic acids is 1. The first kappa shape index (κ1) is 21.0. The number of imidazole rings is 1. The third kappa shape index (κ3) is 4.59. The van der Waals surface area contributed by atoms with Crippen molar-refractivity contribution in [2.75, 3.05) is 5.32 Å². The van der Waals surface area contributed by atoms with Gasteiger partial charge in [-0.25, -0.2) is 18.7 Å². The van der Waals surface area contributed by atoms with Crippen molar-refractivity contribution in [1.29, 1.82) is 0 Å². The number of anilines is 1. The number of pyridine rings is 1. The normalized spacial score (nSPS) is 12.1. The van der Waals surface area contributed by atoms with E-state index in [-0.39, 0.29) is 17.4 Å². The van der Waals surface area contributed by atoms with Gasteiger partial charge in [-0.05, 0) is 48.4 Å². The van der Waals surface area contributed by atoms with E-state index in [1.807, 2.05) is 19.1 Å². The van der Waals surface area contributed by atoms with Crippen LogP contribution in [0.25, 0.3) is 11.2 Å². The number of thioether (sulfide) groups is 1. The first-order valence-electron chi connectivity index (χ1n) is 9.82. The lowest BCUT2D eigenvalue weighted by atomic mass is 10.2. The van der Waals surface area contributed by atoms with Gasteiger partial charge < -0.3 is 5.32 Å². The maximum atomic E-state index is 14.1. The molecule has 1 amide bonds. The van der Waals surface area contributed by atoms with Crippen molar-refractivity contribution in [3.05, 3.63) is 84.1 Å². The second kappa shape index (κ2) is 9.26. The number of fused-ring (bicyclic) bond motifs is 1. The number of benzene rings is 2. The molecule has 4 aromatic rings. The van der Waals surface area contributed by atoms with Gasteiger partial charge in [-0.2, -0.15) is 0 Å². The molecule has 8 heteroatoms. The van der Waals surface area contributed by atoms with Crippen LogP contribution >= 0.6 is 11.8 Å². The van der Waals surface area contributed by atoms with Gasteiger partial charge in [-0.15, -0.1) is 0 Å². The largest absolute Gasteiger partial charge is 0.322 e. The fraction of sp³-hybridized carbons (Fsp3) is 0.174. The topological polar surface area (TPSA) is 59.8 Å². The number of nitrogens with zero attached hydrogens (tertiary/aromatic N) is 3. The molecule has 5 nitrogen and oxygen atoms in total. The van der Waals surface area contributed by atoms with Crippen molar-refractivity contribution in [3.63, 3.8) is 0 Å². The van der Waals surface area contributed by atoms with Crippen LogP contribution in [0.2, 0.25) is 0 Å². The lowest BCUT2D eigenvalue weighted by molar-refractivity contribution is -0.119. The second-order valence-electron chi connectivity index (χ2n) is 6.92. The van der Waals surface area contributed by atoms with E-state index < -0.39 is 11.9 Å². The highest BCUT2D eigenvalue weighted by Crippen LogP contribution is 2.31.